The molecule has 0 aliphatic carbocycles. The lowest BCUT2D eigenvalue weighted by molar-refractivity contribution is -0.140. The second-order valence-electron chi connectivity index (χ2n) is 6.86. The minimum Gasteiger partial charge on any atom is -0.501 e. The molecule has 1 aromatic carbocycles. The Kier molecular flexibility index (Phi) is 6.52. The standard InChI is InChI=1S/C18H21FN6O5/c1-18(2,23-14(28)15(29)24-20)17-22-11(12(26)16(30)25(17)3)13(27)21-8-9-4-6-10(19)7-5-9/h4-7,26H,8,20H2,1-3H3,(H,21,27)(H,23,28)(H,24,29). The molecule has 3 amide bonds. The number of carbonyl (C=O) groups excluding carboxylic acids is 3. The highest BCUT2D eigenvalue weighted by Crippen LogP contribution is 2.20. The number of amides is 3. The van der Waals surface area contributed by atoms with Crippen LogP contribution in [0.15, 0.2) is 29.1 Å². The molecular weight excluding hydrogens is 399 g/mol. The topological polar surface area (TPSA) is 168 Å². The summed E-state index contributed by atoms with van der Waals surface area (Å²) >= 11 is 0. The average molecular weight is 420 g/mol. The van der Waals surface area contributed by atoms with E-state index in [9.17, 15) is 28.7 Å². The van der Waals surface area contributed by atoms with Crippen LogP contribution in [0.2, 0.25) is 0 Å². The van der Waals surface area contributed by atoms with Gasteiger partial charge in [0.25, 0.3) is 11.5 Å². The maximum absolute atomic E-state index is 13.0. The van der Waals surface area contributed by atoms with E-state index in [1.54, 1.807) is 5.43 Å². The van der Waals surface area contributed by atoms with Crippen molar-refractivity contribution in [2.24, 2.45) is 12.9 Å². The van der Waals surface area contributed by atoms with Gasteiger partial charge in [-0.25, -0.2) is 15.2 Å². The van der Waals surface area contributed by atoms with E-state index >= 15 is 0 Å². The molecule has 0 aliphatic rings. The van der Waals surface area contributed by atoms with Crippen molar-refractivity contribution in [3.63, 3.8) is 0 Å². The van der Waals surface area contributed by atoms with E-state index in [-0.39, 0.29) is 12.4 Å². The third kappa shape index (κ3) is 4.78. The molecule has 0 bridgehead atoms. The number of rotatable bonds is 5. The van der Waals surface area contributed by atoms with Gasteiger partial charge in [0.15, 0.2) is 5.69 Å². The molecule has 1 heterocycles. The smallest absolute Gasteiger partial charge is 0.323 e. The van der Waals surface area contributed by atoms with E-state index in [4.69, 9.17) is 5.84 Å². The van der Waals surface area contributed by atoms with Gasteiger partial charge in [-0.3, -0.25) is 29.2 Å². The Morgan fingerprint density at radius 1 is 1.20 bits per heavy atom. The molecular formula is C18H21FN6O5. The number of benzene rings is 1. The number of carbonyl (C=O) groups is 3. The summed E-state index contributed by atoms with van der Waals surface area (Å²) in [6, 6.07) is 5.35. The Balaban J connectivity index is 2.35. The maximum atomic E-state index is 13.0. The van der Waals surface area contributed by atoms with Gasteiger partial charge in [0.2, 0.25) is 5.75 Å². The van der Waals surface area contributed by atoms with Crippen molar-refractivity contribution >= 4 is 17.7 Å². The molecule has 160 valence electrons. The zero-order valence-corrected chi connectivity index (χ0v) is 16.4. The van der Waals surface area contributed by atoms with Crippen LogP contribution in [0, 0.1) is 5.82 Å². The summed E-state index contributed by atoms with van der Waals surface area (Å²) in [5.74, 6) is 0.417. The summed E-state index contributed by atoms with van der Waals surface area (Å²) in [7, 11) is 1.28. The summed E-state index contributed by atoms with van der Waals surface area (Å²) in [5, 5.41) is 14.9. The lowest BCUT2D eigenvalue weighted by Crippen LogP contribution is -2.51. The zero-order chi connectivity index (χ0) is 22.6. The monoisotopic (exact) mass is 420 g/mol. The molecule has 12 heteroatoms. The van der Waals surface area contributed by atoms with Gasteiger partial charge in [-0.2, -0.15) is 0 Å². The molecule has 30 heavy (non-hydrogen) atoms. The Labute approximate surface area is 170 Å². The van der Waals surface area contributed by atoms with Gasteiger partial charge in [0, 0.05) is 13.6 Å². The first kappa shape index (κ1) is 22.5. The van der Waals surface area contributed by atoms with Gasteiger partial charge in [-0.1, -0.05) is 12.1 Å². The van der Waals surface area contributed by atoms with Crippen LogP contribution in [0.1, 0.15) is 35.7 Å². The predicted octanol–water partition coefficient (Wildman–Crippen LogP) is -1.10. The van der Waals surface area contributed by atoms with Crippen LogP contribution in [0.25, 0.3) is 0 Å². The van der Waals surface area contributed by atoms with E-state index in [1.165, 1.54) is 45.2 Å². The van der Waals surface area contributed by atoms with E-state index < -0.39 is 46.1 Å². The maximum Gasteiger partial charge on any atom is 0.323 e. The van der Waals surface area contributed by atoms with Gasteiger partial charge >= 0.3 is 11.8 Å². The molecule has 11 nitrogen and oxygen atoms in total. The van der Waals surface area contributed by atoms with Crippen LogP contribution >= 0.6 is 0 Å². The first-order chi connectivity index (χ1) is 14.0. The van der Waals surface area contributed by atoms with Gasteiger partial charge in [0.05, 0.1) is 5.54 Å². The van der Waals surface area contributed by atoms with E-state index in [0.717, 1.165) is 4.57 Å². The molecule has 1 aromatic heterocycles. The van der Waals surface area contributed by atoms with E-state index in [2.05, 4.69) is 15.6 Å². The first-order valence-corrected chi connectivity index (χ1v) is 8.64. The Hall–Kier alpha value is -3.80. The number of hydrazine groups is 1. The molecule has 2 rings (SSSR count). The van der Waals surface area contributed by atoms with Gasteiger partial charge < -0.3 is 15.7 Å². The van der Waals surface area contributed by atoms with Crippen molar-refractivity contribution in [3.05, 3.63) is 57.5 Å². The van der Waals surface area contributed by atoms with Gasteiger partial charge in [-0.15, -0.1) is 0 Å². The number of aromatic nitrogens is 2. The van der Waals surface area contributed by atoms with Crippen molar-refractivity contribution in [3.8, 4) is 5.75 Å². The highest BCUT2D eigenvalue weighted by molar-refractivity contribution is 6.35. The number of hydrogen-bond acceptors (Lipinski definition) is 7. The fourth-order valence-corrected chi connectivity index (χ4v) is 2.64. The summed E-state index contributed by atoms with van der Waals surface area (Å²) in [6.45, 7) is 2.86. The quantitative estimate of drug-likeness (QED) is 0.177. The first-order valence-electron chi connectivity index (χ1n) is 8.64. The van der Waals surface area contributed by atoms with Gasteiger partial charge in [-0.05, 0) is 31.5 Å². The van der Waals surface area contributed by atoms with Crippen LogP contribution in [0.3, 0.4) is 0 Å². The minimum atomic E-state index is -1.39. The highest BCUT2D eigenvalue weighted by atomic mass is 19.1. The number of halogens is 1. The second-order valence-corrected chi connectivity index (χ2v) is 6.86. The average Bonchev–Trinajstić information content (AvgIpc) is 2.70. The fraction of sp³-hybridized carbons (Fsp3) is 0.278. The normalized spacial score (nSPS) is 11.0. The number of nitrogens with one attached hydrogen (secondary N) is 3. The molecule has 0 saturated heterocycles. The zero-order valence-electron chi connectivity index (χ0n) is 16.4. The lowest BCUT2D eigenvalue weighted by Gasteiger charge is -2.27. The molecule has 0 unspecified atom stereocenters. The van der Waals surface area contributed by atoms with Crippen molar-refractivity contribution in [2.75, 3.05) is 0 Å². The second kappa shape index (κ2) is 8.69. The third-order valence-electron chi connectivity index (χ3n) is 4.17. The Morgan fingerprint density at radius 3 is 2.37 bits per heavy atom. The summed E-state index contributed by atoms with van der Waals surface area (Å²) in [5.41, 5.74) is -0.644. The number of nitrogens with two attached hydrogens (primary N) is 1. The molecule has 0 atom stereocenters. The van der Waals surface area contributed by atoms with Gasteiger partial charge in [0.1, 0.15) is 11.6 Å². The van der Waals surface area contributed by atoms with Crippen molar-refractivity contribution < 1.29 is 23.9 Å². The SMILES string of the molecule is Cn1c(C(C)(C)NC(=O)C(=O)NN)nc(C(=O)NCc2ccc(F)cc2)c(O)c1=O. The van der Waals surface area contributed by atoms with Crippen molar-refractivity contribution in [1.82, 2.24) is 25.6 Å². The molecule has 0 fully saturated rings. The lowest BCUT2D eigenvalue weighted by atomic mass is 10.0. The van der Waals surface area contributed by atoms with Crippen LogP contribution in [0.4, 0.5) is 4.39 Å². The summed E-state index contributed by atoms with van der Waals surface area (Å²) in [4.78, 5) is 52.2. The van der Waals surface area contributed by atoms with Crippen LogP contribution in [-0.4, -0.2) is 32.4 Å². The molecule has 0 aliphatic heterocycles. The minimum absolute atomic E-state index is 0.0123. The Morgan fingerprint density at radius 2 is 1.80 bits per heavy atom. The van der Waals surface area contributed by atoms with E-state index in [0.29, 0.717) is 5.56 Å². The highest BCUT2D eigenvalue weighted by Gasteiger charge is 2.32. The van der Waals surface area contributed by atoms with E-state index in [1.807, 2.05) is 0 Å². The largest absolute Gasteiger partial charge is 0.501 e. The summed E-state index contributed by atoms with van der Waals surface area (Å²) in [6.07, 6.45) is 0. The third-order valence-corrected chi connectivity index (χ3v) is 4.17. The number of aromatic hydroxyl groups is 1. The molecule has 0 radical (unpaired) electrons. The predicted molar refractivity (Wildman–Crippen MR) is 102 cm³/mol. The molecule has 2 aromatic rings. The number of nitrogens with zero attached hydrogens (tertiary/aromatic N) is 2. The molecule has 6 N–H and O–H groups in total. The summed E-state index contributed by atoms with van der Waals surface area (Å²) < 4.78 is 13.9. The molecule has 0 saturated carbocycles. The van der Waals surface area contributed by atoms with Crippen LogP contribution in [-0.2, 0) is 28.7 Å². The van der Waals surface area contributed by atoms with Crippen LogP contribution < -0.4 is 27.5 Å². The number of hydrogen-bond donors (Lipinski definition) is 5. The van der Waals surface area contributed by atoms with Crippen molar-refractivity contribution in [1.29, 1.82) is 0 Å². The Bertz CT molecular complexity index is 1050. The molecule has 0 spiro atoms. The van der Waals surface area contributed by atoms with Crippen molar-refractivity contribution in [2.45, 2.75) is 25.9 Å². The fourth-order valence-electron chi connectivity index (χ4n) is 2.64. The van der Waals surface area contributed by atoms with Crippen LogP contribution in [0.5, 0.6) is 5.75 Å².